The van der Waals surface area contributed by atoms with Gasteiger partial charge in [0.2, 0.25) is 0 Å². The van der Waals surface area contributed by atoms with E-state index in [0.29, 0.717) is 0 Å². The lowest BCUT2D eigenvalue weighted by Crippen LogP contribution is -2.14. The smallest absolute Gasteiger partial charge is 0.122 e. The topological polar surface area (TPSA) is 53.1 Å². The summed E-state index contributed by atoms with van der Waals surface area (Å²) in [5, 5.41) is 7.40. The Morgan fingerprint density at radius 1 is 1.05 bits per heavy atom. The van der Waals surface area contributed by atoms with Gasteiger partial charge in [-0.1, -0.05) is 18.2 Å². The molecule has 0 saturated heterocycles. The Morgan fingerprint density at radius 3 is 2.42 bits per heavy atom. The number of nitrogens with one attached hydrogen (secondary N) is 1. The molecule has 1 aliphatic rings. The molecular formula is C15H16ClN3. The fraction of sp³-hybridized carbons (Fsp3) is 0.133. The second kappa shape index (κ2) is 5.33. The number of hydrogen-bond acceptors (Lipinski definition) is 2. The number of nitrogen functional groups attached to an aromatic ring is 1. The molecule has 19 heavy (non-hydrogen) atoms. The van der Waals surface area contributed by atoms with Crippen LogP contribution in [-0.2, 0) is 6.42 Å². The summed E-state index contributed by atoms with van der Waals surface area (Å²) in [6, 6.07) is 16.3. The number of benzene rings is 2. The standard InChI is InChI=1S/C15H15N3.ClH/c16-15(17)12-5-7-13(8-6-12)18-10-9-11-3-1-2-4-14(11)18;/h1-8H,9-10H2,(H3,16,17);1H. The Kier molecular flexibility index (Phi) is 3.76. The van der Waals surface area contributed by atoms with Crippen molar-refractivity contribution >= 4 is 29.6 Å². The molecule has 0 atom stereocenters. The zero-order valence-electron chi connectivity index (χ0n) is 10.5. The first-order valence-corrected chi connectivity index (χ1v) is 6.05. The molecule has 0 fully saturated rings. The van der Waals surface area contributed by atoms with Crippen LogP contribution in [0.1, 0.15) is 11.1 Å². The minimum atomic E-state index is 0. The monoisotopic (exact) mass is 273 g/mol. The molecule has 1 aliphatic heterocycles. The maximum absolute atomic E-state index is 7.40. The maximum Gasteiger partial charge on any atom is 0.122 e. The Morgan fingerprint density at radius 2 is 1.74 bits per heavy atom. The van der Waals surface area contributed by atoms with Gasteiger partial charge in [0.15, 0.2) is 0 Å². The number of nitrogens with two attached hydrogens (primary N) is 1. The summed E-state index contributed by atoms with van der Waals surface area (Å²) in [6.45, 7) is 1.01. The summed E-state index contributed by atoms with van der Waals surface area (Å²) in [5.41, 5.74) is 10.1. The van der Waals surface area contributed by atoms with Crippen molar-refractivity contribution in [3.8, 4) is 0 Å². The van der Waals surface area contributed by atoms with Crippen molar-refractivity contribution in [3.63, 3.8) is 0 Å². The lowest BCUT2D eigenvalue weighted by molar-refractivity contribution is 0.998. The van der Waals surface area contributed by atoms with Gasteiger partial charge in [0, 0.05) is 23.5 Å². The van der Waals surface area contributed by atoms with E-state index in [1.807, 2.05) is 24.3 Å². The molecule has 0 unspecified atom stereocenters. The Bertz CT molecular complexity index is 593. The molecule has 3 rings (SSSR count). The van der Waals surface area contributed by atoms with Crippen molar-refractivity contribution in [3.05, 3.63) is 59.7 Å². The molecule has 0 aliphatic carbocycles. The van der Waals surface area contributed by atoms with Gasteiger partial charge in [-0.05, 0) is 42.3 Å². The molecule has 3 nitrogen and oxygen atoms in total. The first-order chi connectivity index (χ1) is 8.75. The molecular weight excluding hydrogens is 258 g/mol. The number of amidine groups is 1. The third kappa shape index (κ3) is 2.42. The highest BCUT2D eigenvalue weighted by Crippen LogP contribution is 2.34. The minimum absolute atomic E-state index is 0. The summed E-state index contributed by atoms with van der Waals surface area (Å²) >= 11 is 0. The van der Waals surface area contributed by atoms with Crippen LogP contribution >= 0.6 is 12.4 Å². The predicted octanol–water partition coefficient (Wildman–Crippen LogP) is 3.09. The summed E-state index contributed by atoms with van der Waals surface area (Å²) in [6.07, 6.45) is 1.09. The quantitative estimate of drug-likeness (QED) is 0.653. The van der Waals surface area contributed by atoms with Crippen molar-refractivity contribution in [2.45, 2.75) is 6.42 Å². The van der Waals surface area contributed by atoms with E-state index in [2.05, 4.69) is 29.2 Å². The van der Waals surface area contributed by atoms with Gasteiger partial charge in [0.05, 0.1) is 0 Å². The molecule has 3 N–H and O–H groups in total. The molecule has 0 saturated carbocycles. The van der Waals surface area contributed by atoms with E-state index >= 15 is 0 Å². The lowest BCUT2D eigenvalue weighted by atomic mass is 10.1. The fourth-order valence-electron chi connectivity index (χ4n) is 2.43. The molecule has 4 heteroatoms. The average Bonchev–Trinajstić information content (AvgIpc) is 2.82. The van der Waals surface area contributed by atoms with Crippen LogP contribution in [0.15, 0.2) is 48.5 Å². The van der Waals surface area contributed by atoms with E-state index in [9.17, 15) is 0 Å². The van der Waals surface area contributed by atoms with Gasteiger partial charge in [0.25, 0.3) is 0 Å². The summed E-state index contributed by atoms with van der Waals surface area (Å²) in [4.78, 5) is 2.30. The second-order valence-electron chi connectivity index (χ2n) is 4.49. The van der Waals surface area contributed by atoms with Gasteiger partial charge >= 0.3 is 0 Å². The van der Waals surface area contributed by atoms with Gasteiger partial charge in [-0.25, -0.2) is 0 Å². The van der Waals surface area contributed by atoms with Crippen molar-refractivity contribution in [2.24, 2.45) is 5.73 Å². The molecule has 0 radical (unpaired) electrons. The molecule has 98 valence electrons. The van der Waals surface area contributed by atoms with E-state index in [1.165, 1.54) is 11.3 Å². The van der Waals surface area contributed by atoms with Crippen LogP contribution in [0.4, 0.5) is 11.4 Å². The van der Waals surface area contributed by atoms with Crippen LogP contribution in [0.2, 0.25) is 0 Å². The number of fused-ring (bicyclic) bond motifs is 1. The van der Waals surface area contributed by atoms with Gasteiger partial charge in [-0.2, -0.15) is 0 Å². The van der Waals surface area contributed by atoms with E-state index in [-0.39, 0.29) is 18.2 Å². The van der Waals surface area contributed by atoms with Crippen LogP contribution in [0.25, 0.3) is 0 Å². The predicted molar refractivity (Wildman–Crippen MR) is 81.9 cm³/mol. The lowest BCUT2D eigenvalue weighted by Gasteiger charge is -2.19. The highest BCUT2D eigenvalue weighted by Gasteiger charge is 2.19. The number of anilines is 2. The Labute approximate surface area is 119 Å². The molecule has 0 bridgehead atoms. The van der Waals surface area contributed by atoms with Gasteiger partial charge in [0.1, 0.15) is 5.84 Å². The Hall–Kier alpha value is -2.00. The normalized spacial score (nSPS) is 12.7. The third-order valence-electron chi connectivity index (χ3n) is 3.38. The summed E-state index contributed by atoms with van der Waals surface area (Å²) in [5.74, 6) is 0.114. The van der Waals surface area contributed by atoms with E-state index in [4.69, 9.17) is 11.1 Å². The first kappa shape index (κ1) is 13.4. The highest BCUT2D eigenvalue weighted by molar-refractivity contribution is 5.95. The largest absolute Gasteiger partial charge is 0.384 e. The van der Waals surface area contributed by atoms with Crippen LogP contribution in [0.5, 0.6) is 0 Å². The molecule has 0 amide bonds. The first-order valence-electron chi connectivity index (χ1n) is 6.05. The van der Waals surface area contributed by atoms with Gasteiger partial charge in [-0.3, -0.25) is 5.41 Å². The molecule has 0 aromatic heterocycles. The number of nitrogens with zero attached hydrogens (tertiary/aromatic N) is 1. The van der Waals surface area contributed by atoms with Crippen LogP contribution in [0.3, 0.4) is 0 Å². The zero-order chi connectivity index (χ0) is 12.5. The summed E-state index contributed by atoms with van der Waals surface area (Å²) < 4.78 is 0. The highest BCUT2D eigenvalue weighted by atomic mass is 35.5. The minimum Gasteiger partial charge on any atom is -0.384 e. The van der Waals surface area contributed by atoms with Crippen LogP contribution in [0, 0.1) is 5.41 Å². The van der Waals surface area contributed by atoms with Crippen LogP contribution in [-0.4, -0.2) is 12.4 Å². The van der Waals surface area contributed by atoms with E-state index in [0.717, 1.165) is 24.2 Å². The van der Waals surface area contributed by atoms with Crippen molar-refractivity contribution in [1.82, 2.24) is 0 Å². The van der Waals surface area contributed by atoms with Crippen molar-refractivity contribution in [1.29, 1.82) is 5.41 Å². The van der Waals surface area contributed by atoms with Crippen LogP contribution < -0.4 is 10.6 Å². The molecule has 2 aromatic carbocycles. The number of rotatable bonds is 2. The van der Waals surface area contributed by atoms with E-state index in [1.54, 1.807) is 0 Å². The third-order valence-corrected chi connectivity index (χ3v) is 3.38. The molecule has 0 spiro atoms. The number of halogens is 1. The Balaban J connectivity index is 0.00000133. The van der Waals surface area contributed by atoms with Crippen molar-refractivity contribution in [2.75, 3.05) is 11.4 Å². The maximum atomic E-state index is 7.40. The van der Waals surface area contributed by atoms with Gasteiger partial charge < -0.3 is 10.6 Å². The number of para-hydroxylation sites is 1. The molecule has 2 aromatic rings. The SMILES string of the molecule is Cl.N=C(N)c1ccc(N2CCc3ccccc32)cc1. The zero-order valence-corrected chi connectivity index (χ0v) is 11.3. The van der Waals surface area contributed by atoms with Gasteiger partial charge in [-0.15, -0.1) is 12.4 Å². The number of hydrogen-bond donors (Lipinski definition) is 2. The second-order valence-corrected chi connectivity index (χ2v) is 4.49. The van der Waals surface area contributed by atoms with Crippen molar-refractivity contribution < 1.29 is 0 Å². The van der Waals surface area contributed by atoms with E-state index < -0.39 is 0 Å². The average molecular weight is 274 g/mol. The summed E-state index contributed by atoms with van der Waals surface area (Å²) in [7, 11) is 0. The fourth-order valence-corrected chi connectivity index (χ4v) is 2.43. The molecule has 1 heterocycles.